The first-order valence-electron chi connectivity index (χ1n) is 7.83. The number of halogens is 4. The Labute approximate surface area is 180 Å². The maximum atomic E-state index is 12.4. The van der Waals surface area contributed by atoms with Crippen molar-refractivity contribution in [2.45, 2.75) is 0 Å². The van der Waals surface area contributed by atoms with E-state index >= 15 is 0 Å². The topological polar surface area (TPSA) is 71.1 Å². The van der Waals surface area contributed by atoms with Gasteiger partial charge in [0.15, 0.2) is 0 Å². The van der Waals surface area contributed by atoms with Crippen LogP contribution in [0.1, 0.15) is 20.8 Å². The normalized spacial score (nSPS) is 10.4. The van der Waals surface area contributed by atoms with E-state index < -0.39 is 11.8 Å². The number of rotatable bonds is 4. The Kier molecular flexibility index (Phi) is 6.42. The second-order valence-electron chi connectivity index (χ2n) is 5.53. The highest BCUT2D eigenvalue weighted by atomic mass is 35.5. The lowest BCUT2D eigenvalue weighted by Crippen LogP contribution is -2.16. The van der Waals surface area contributed by atoms with Crippen LogP contribution in [0.15, 0.2) is 54.7 Å². The van der Waals surface area contributed by atoms with Crippen LogP contribution in [-0.2, 0) is 0 Å². The van der Waals surface area contributed by atoms with E-state index in [1.165, 1.54) is 18.3 Å². The summed E-state index contributed by atoms with van der Waals surface area (Å²) in [5.74, 6) is -0.986. The highest BCUT2D eigenvalue weighted by Gasteiger charge is 2.15. The third kappa shape index (κ3) is 4.56. The highest BCUT2D eigenvalue weighted by Crippen LogP contribution is 2.31. The molecule has 0 saturated heterocycles. The summed E-state index contributed by atoms with van der Waals surface area (Å²) in [6.07, 6.45) is 1.27. The number of carbonyl (C=O) groups is 2. The van der Waals surface area contributed by atoms with Crippen LogP contribution >= 0.6 is 46.4 Å². The average molecular weight is 455 g/mol. The second-order valence-corrected chi connectivity index (χ2v) is 7.16. The fourth-order valence-electron chi connectivity index (χ4n) is 2.26. The van der Waals surface area contributed by atoms with Crippen molar-refractivity contribution >= 4 is 69.6 Å². The predicted octanol–water partition coefficient (Wildman–Crippen LogP) is 6.20. The van der Waals surface area contributed by atoms with Gasteiger partial charge in [-0.1, -0.05) is 58.5 Å². The number of nitrogens with one attached hydrogen (secondary N) is 2. The van der Waals surface area contributed by atoms with Crippen LogP contribution in [0.5, 0.6) is 0 Å². The minimum atomic E-state index is -0.517. The van der Waals surface area contributed by atoms with E-state index in [0.29, 0.717) is 25.8 Å². The largest absolute Gasteiger partial charge is 0.319 e. The Balaban J connectivity index is 1.74. The van der Waals surface area contributed by atoms with Crippen molar-refractivity contribution < 1.29 is 9.59 Å². The standard InChI is InChI=1S/C19H11Cl4N3O2/c20-11-3-1-4-12(21)16(11)25-18(27)10-7-8-15(24-9-10)19(28)26-17-13(22)5-2-6-14(17)23/h1-9H,(H,25,27)(H,26,28). The number of hydrogen-bond donors (Lipinski definition) is 2. The van der Waals surface area contributed by atoms with Crippen LogP contribution < -0.4 is 10.6 Å². The molecule has 0 unspecified atom stereocenters. The molecular formula is C19H11Cl4N3O2. The summed E-state index contributed by atoms with van der Waals surface area (Å²) in [5, 5.41) is 6.43. The molecule has 3 rings (SSSR count). The number of nitrogens with zero attached hydrogens (tertiary/aromatic N) is 1. The zero-order chi connectivity index (χ0) is 20.3. The molecule has 0 spiro atoms. The van der Waals surface area contributed by atoms with E-state index in [0.717, 1.165) is 0 Å². The number of benzene rings is 2. The van der Waals surface area contributed by atoms with Crippen LogP contribution in [-0.4, -0.2) is 16.8 Å². The van der Waals surface area contributed by atoms with Crippen LogP contribution in [0, 0.1) is 0 Å². The number of para-hydroxylation sites is 2. The molecule has 2 amide bonds. The van der Waals surface area contributed by atoms with Gasteiger partial charge in [-0.3, -0.25) is 14.6 Å². The molecular weight excluding hydrogens is 444 g/mol. The van der Waals surface area contributed by atoms with E-state index in [9.17, 15) is 9.59 Å². The number of anilines is 2. The molecule has 0 aliphatic rings. The fraction of sp³-hybridized carbons (Fsp3) is 0. The molecule has 0 aliphatic heterocycles. The van der Waals surface area contributed by atoms with E-state index in [-0.39, 0.29) is 16.9 Å². The molecule has 1 aromatic heterocycles. The monoisotopic (exact) mass is 453 g/mol. The first kappa shape index (κ1) is 20.4. The van der Waals surface area contributed by atoms with E-state index in [1.807, 2.05) is 0 Å². The molecule has 0 bridgehead atoms. The highest BCUT2D eigenvalue weighted by molar-refractivity contribution is 6.40. The Morgan fingerprint density at radius 3 is 1.57 bits per heavy atom. The Morgan fingerprint density at radius 2 is 1.14 bits per heavy atom. The SMILES string of the molecule is O=C(Nc1c(Cl)cccc1Cl)c1ccc(C(=O)Nc2c(Cl)cccc2Cl)nc1. The first-order chi connectivity index (χ1) is 13.4. The van der Waals surface area contributed by atoms with Crippen LogP contribution in [0.25, 0.3) is 0 Å². The van der Waals surface area contributed by atoms with Gasteiger partial charge in [0.05, 0.1) is 37.0 Å². The van der Waals surface area contributed by atoms with Crippen molar-refractivity contribution in [1.82, 2.24) is 4.98 Å². The van der Waals surface area contributed by atoms with Gasteiger partial charge < -0.3 is 10.6 Å². The lowest BCUT2D eigenvalue weighted by molar-refractivity contribution is 0.101. The van der Waals surface area contributed by atoms with E-state index in [4.69, 9.17) is 46.4 Å². The molecule has 0 atom stereocenters. The zero-order valence-electron chi connectivity index (χ0n) is 14.0. The minimum absolute atomic E-state index is 0.0864. The quantitative estimate of drug-likeness (QED) is 0.492. The molecule has 28 heavy (non-hydrogen) atoms. The summed E-state index contributed by atoms with van der Waals surface area (Å²) in [6.45, 7) is 0. The number of amides is 2. The van der Waals surface area contributed by atoms with Gasteiger partial charge in [-0.05, 0) is 36.4 Å². The van der Waals surface area contributed by atoms with Crippen molar-refractivity contribution in [3.05, 3.63) is 86.1 Å². The lowest BCUT2D eigenvalue weighted by atomic mass is 10.2. The van der Waals surface area contributed by atoms with E-state index in [1.54, 1.807) is 36.4 Å². The van der Waals surface area contributed by atoms with Gasteiger partial charge >= 0.3 is 0 Å². The molecule has 2 N–H and O–H groups in total. The molecule has 2 aromatic carbocycles. The third-order valence-electron chi connectivity index (χ3n) is 3.66. The van der Waals surface area contributed by atoms with Gasteiger partial charge in [0, 0.05) is 6.20 Å². The van der Waals surface area contributed by atoms with Gasteiger partial charge in [-0.25, -0.2) is 0 Å². The molecule has 1 heterocycles. The Hall–Kier alpha value is -2.31. The summed E-state index contributed by atoms with van der Waals surface area (Å²) in [5.41, 5.74) is 0.894. The van der Waals surface area contributed by atoms with Crippen LogP contribution in [0.4, 0.5) is 11.4 Å². The maximum Gasteiger partial charge on any atom is 0.274 e. The van der Waals surface area contributed by atoms with Crippen molar-refractivity contribution in [2.24, 2.45) is 0 Å². The number of pyridine rings is 1. The fourth-order valence-corrected chi connectivity index (χ4v) is 3.24. The first-order valence-corrected chi connectivity index (χ1v) is 9.35. The average Bonchev–Trinajstić information content (AvgIpc) is 2.67. The van der Waals surface area contributed by atoms with Gasteiger partial charge in [-0.15, -0.1) is 0 Å². The van der Waals surface area contributed by atoms with E-state index in [2.05, 4.69) is 15.6 Å². The van der Waals surface area contributed by atoms with Crippen LogP contribution in [0.2, 0.25) is 20.1 Å². The summed E-state index contributed by atoms with van der Waals surface area (Å²) >= 11 is 24.2. The Morgan fingerprint density at radius 1 is 0.679 bits per heavy atom. The summed E-state index contributed by atoms with van der Waals surface area (Å²) in [7, 11) is 0. The number of hydrogen-bond acceptors (Lipinski definition) is 3. The van der Waals surface area contributed by atoms with Crippen molar-refractivity contribution in [1.29, 1.82) is 0 Å². The lowest BCUT2D eigenvalue weighted by Gasteiger charge is -2.10. The van der Waals surface area contributed by atoms with Crippen LogP contribution in [0.3, 0.4) is 0 Å². The molecule has 0 saturated carbocycles. The molecule has 0 fully saturated rings. The zero-order valence-corrected chi connectivity index (χ0v) is 17.0. The summed E-state index contributed by atoms with van der Waals surface area (Å²) in [4.78, 5) is 28.7. The van der Waals surface area contributed by atoms with Crippen molar-refractivity contribution in [3.63, 3.8) is 0 Å². The molecule has 3 aromatic rings. The molecule has 0 aliphatic carbocycles. The molecule has 142 valence electrons. The second kappa shape index (κ2) is 8.80. The van der Waals surface area contributed by atoms with Crippen molar-refractivity contribution in [2.75, 3.05) is 10.6 Å². The number of aromatic nitrogens is 1. The van der Waals surface area contributed by atoms with Gasteiger partial charge in [-0.2, -0.15) is 0 Å². The van der Waals surface area contributed by atoms with Crippen molar-refractivity contribution in [3.8, 4) is 0 Å². The predicted molar refractivity (Wildman–Crippen MR) is 113 cm³/mol. The van der Waals surface area contributed by atoms with Gasteiger partial charge in [0.25, 0.3) is 11.8 Å². The molecule has 9 heteroatoms. The Bertz CT molecular complexity index is 931. The van der Waals surface area contributed by atoms with Gasteiger partial charge in [0.1, 0.15) is 5.69 Å². The molecule has 0 radical (unpaired) electrons. The molecule has 5 nitrogen and oxygen atoms in total. The summed E-state index contributed by atoms with van der Waals surface area (Å²) < 4.78 is 0. The maximum absolute atomic E-state index is 12.4. The summed E-state index contributed by atoms with van der Waals surface area (Å²) in [6, 6.07) is 12.6. The minimum Gasteiger partial charge on any atom is -0.319 e. The third-order valence-corrected chi connectivity index (χ3v) is 4.92. The smallest absolute Gasteiger partial charge is 0.274 e. The number of carbonyl (C=O) groups excluding carboxylic acids is 2. The van der Waals surface area contributed by atoms with Gasteiger partial charge in [0.2, 0.25) is 0 Å².